The van der Waals surface area contributed by atoms with E-state index in [1.165, 1.54) is 0 Å². The van der Waals surface area contributed by atoms with Gasteiger partial charge in [-0.25, -0.2) is 0 Å². The largest absolute Gasteiger partial charge is 0.455 e. The van der Waals surface area contributed by atoms with Crippen LogP contribution in [0.4, 0.5) is 17.1 Å². The monoisotopic (exact) mass is 688 g/mol. The van der Waals surface area contributed by atoms with Gasteiger partial charge in [-0.15, -0.1) is 0 Å². The van der Waals surface area contributed by atoms with E-state index in [1.54, 1.807) is 0 Å². The highest BCUT2D eigenvalue weighted by Gasteiger charge is 2.35. The van der Waals surface area contributed by atoms with Crippen molar-refractivity contribution in [2.45, 2.75) is 19.1 Å². The molecule has 0 saturated heterocycles. The minimum Gasteiger partial charge on any atom is -0.455 e. The highest BCUT2D eigenvalue weighted by molar-refractivity contribution is 6.19. The van der Waals surface area contributed by atoms with Crippen molar-refractivity contribution in [2.24, 2.45) is 0 Å². The molecule has 242 valence electrons. The first-order chi connectivity index (χ1) is 39.6. The first kappa shape index (κ1) is 10.8. The Balaban J connectivity index is 1.47. The van der Waals surface area contributed by atoms with Crippen LogP contribution in [0, 0.1) is 0 Å². The zero-order valence-electron chi connectivity index (χ0n) is 60.4. The zero-order chi connectivity index (χ0) is 64.3. The Labute approximate surface area is 347 Å². The smallest absolute Gasteiger partial charge is 0.143 e. The van der Waals surface area contributed by atoms with Crippen LogP contribution < -0.4 is 4.90 Å². The molecule has 0 atom stereocenters. The van der Waals surface area contributed by atoms with Crippen LogP contribution in [0.5, 0.6) is 0 Å². The van der Waals surface area contributed by atoms with E-state index >= 15 is 0 Å². The molecule has 0 fully saturated rings. The minimum absolute atomic E-state index is 0.191. The van der Waals surface area contributed by atoms with Crippen molar-refractivity contribution in [3.05, 3.63) is 186 Å². The highest BCUT2D eigenvalue weighted by Crippen LogP contribution is 2.51. The number of nitrogens with zero attached hydrogens (tertiary/aromatic N) is 1. The molecule has 0 bridgehead atoms. The maximum Gasteiger partial charge on any atom is 0.143 e. The van der Waals surface area contributed by atoms with Crippen LogP contribution in [-0.2, 0) is 5.41 Å². The molecule has 1 aromatic heterocycles. The first-order valence-electron chi connectivity index (χ1n) is 32.3. The average Bonchev–Trinajstić information content (AvgIpc) is 1.48. The second-order valence-electron chi connectivity index (χ2n) is 11.0. The van der Waals surface area contributed by atoms with Gasteiger partial charge in [-0.05, 0) is 92.2 Å². The van der Waals surface area contributed by atoms with Gasteiger partial charge in [0.05, 0.1) is 39.8 Å². The van der Waals surface area contributed by atoms with Crippen LogP contribution in [0.15, 0.2) is 180 Å². The summed E-state index contributed by atoms with van der Waals surface area (Å²) in [4.78, 5) is 0.191. The molecule has 2 nitrogen and oxygen atoms in total. The van der Waals surface area contributed by atoms with Crippen LogP contribution in [0.1, 0.15) is 72.8 Å². The summed E-state index contributed by atoms with van der Waals surface area (Å²) in [5.41, 5.74) is -17.5. The molecule has 9 aromatic rings. The van der Waals surface area contributed by atoms with Gasteiger partial charge in [0.15, 0.2) is 0 Å². The van der Waals surface area contributed by atoms with Crippen LogP contribution in [0.3, 0.4) is 0 Å². The predicted molar refractivity (Wildman–Crippen MR) is 214 cm³/mol. The number of fused-ring (bicyclic) bond motifs is 8. The molecule has 1 aliphatic carbocycles. The Hall–Kier alpha value is -6.38. The molecule has 10 rings (SSSR count). The lowest BCUT2D eigenvalue weighted by Gasteiger charge is -2.28. The number of benzene rings is 8. The quantitative estimate of drug-likeness (QED) is 0.179. The highest BCUT2D eigenvalue weighted by atomic mass is 16.3. The molecular formula is C49H35NO. The van der Waals surface area contributed by atoms with Gasteiger partial charge in [-0.3, -0.25) is 0 Å². The Morgan fingerprint density at radius 1 is 0.451 bits per heavy atom. The third-order valence-corrected chi connectivity index (χ3v) is 8.13. The molecule has 51 heavy (non-hydrogen) atoms. The number of anilines is 3. The summed E-state index contributed by atoms with van der Waals surface area (Å²) in [6, 6.07) is -32.8. The number of hydrogen-bond donors (Lipinski definition) is 0. The molecule has 8 aromatic carbocycles. The summed E-state index contributed by atoms with van der Waals surface area (Å²) in [6.45, 7) is -8.08. The standard InChI is InChI=1S/C49H35NO/c1-49(2)45-20-12-11-18-39(45)40-27-25-36(29-46(40)49)50(35-23-21-33(22-24-35)32-13-5-3-6-14-32)37-26-28-41-44-31-43(34-15-7-4-8-16-34)38-17-9-10-19-42(38)48(44)51-47(41)30-37/h3-31H,1-2H3/i1D3,2D3,3D,4D,5D,6D,7D,8D,9D,10D,11D,12D,13D,14D,15D,16D,17D,18D,19D,20D,21D,22D,23D,24D,25D,26D,27D,28D,29D,30D,31D. The van der Waals surface area contributed by atoms with E-state index in [0.717, 1.165) is 0 Å². The second-order valence-corrected chi connectivity index (χ2v) is 11.0. The van der Waals surface area contributed by atoms with Crippen LogP contribution in [0.25, 0.3) is 66.1 Å². The van der Waals surface area contributed by atoms with E-state index in [4.69, 9.17) is 37.3 Å². The van der Waals surface area contributed by atoms with Crippen molar-refractivity contribution in [1.29, 1.82) is 0 Å². The SMILES string of the molecule is [2H]c1c([2H])c([2H])c(-c2c([2H])c([2H])c(N(c3c([2H])c([2H])c4c(c3[2H])C(C([2H])([2H])[2H])(C([2H])([2H])[2H])c3c([2H])c([2H])c([2H])c([2H])c3-4)c3c([2H])c([2H])c4c(oc5c6c([2H])c([2H])c([2H])c([2H])c6c(-c6c([2H])c([2H])c([2H])c([2H])c6[2H])c([2H])c54)c3[2H])c([2H])c2[2H])c([2H])c1[2H]. The van der Waals surface area contributed by atoms with Gasteiger partial charge in [0.25, 0.3) is 0 Å². The Morgan fingerprint density at radius 3 is 1.84 bits per heavy atom. The molecule has 0 N–H and O–H groups in total. The summed E-state index contributed by atoms with van der Waals surface area (Å²) in [7, 11) is 0. The summed E-state index contributed by atoms with van der Waals surface area (Å²) in [5, 5.41) is -2.86. The van der Waals surface area contributed by atoms with Crippen molar-refractivity contribution in [3.63, 3.8) is 0 Å². The molecule has 0 amide bonds. The average molecular weight is 689 g/mol. The maximum atomic E-state index is 10.1. The van der Waals surface area contributed by atoms with E-state index < -0.39 is 289 Å². The van der Waals surface area contributed by atoms with Gasteiger partial charge in [-0.2, -0.15) is 0 Å². The van der Waals surface area contributed by atoms with Crippen LogP contribution >= 0.6 is 0 Å². The van der Waals surface area contributed by atoms with E-state index in [1.807, 2.05) is 0 Å². The summed E-state index contributed by atoms with van der Waals surface area (Å²) in [6.07, 6.45) is 0. The minimum atomic E-state index is -4.04. The molecule has 0 saturated carbocycles. The summed E-state index contributed by atoms with van der Waals surface area (Å²) in [5.74, 6) is 0. The van der Waals surface area contributed by atoms with Gasteiger partial charge in [0.2, 0.25) is 0 Å². The molecule has 1 heterocycles. The predicted octanol–water partition coefficient (Wildman–Crippen LogP) is 13.8. The van der Waals surface area contributed by atoms with Gasteiger partial charge >= 0.3 is 0 Å². The topological polar surface area (TPSA) is 16.4 Å². The summed E-state index contributed by atoms with van der Waals surface area (Å²) < 4.78 is 322. The summed E-state index contributed by atoms with van der Waals surface area (Å²) >= 11 is 0. The van der Waals surface area contributed by atoms with Crippen molar-refractivity contribution in [3.8, 4) is 33.4 Å². The number of furan rings is 1. The van der Waals surface area contributed by atoms with Gasteiger partial charge in [0, 0.05) is 52.9 Å². The Kier molecular flexibility index (Phi) is 2.40. The maximum absolute atomic E-state index is 10.1. The number of rotatable bonds is 5. The number of hydrogen-bond acceptors (Lipinski definition) is 2. The van der Waals surface area contributed by atoms with Crippen molar-refractivity contribution >= 4 is 49.8 Å². The lowest BCUT2D eigenvalue weighted by Crippen LogP contribution is -2.16. The molecule has 0 spiro atoms. The zero-order valence-corrected chi connectivity index (χ0v) is 25.4. The van der Waals surface area contributed by atoms with E-state index in [0.29, 0.717) is 0 Å². The van der Waals surface area contributed by atoms with Crippen molar-refractivity contribution in [2.75, 3.05) is 4.90 Å². The third kappa shape index (κ3) is 4.64. The van der Waals surface area contributed by atoms with E-state index in [-0.39, 0.29) is 4.90 Å². The third-order valence-electron chi connectivity index (χ3n) is 8.13. The molecule has 0 aliphatic heterocycles. The Morgan fingerprint density at radius 2 is 1.06 bits per heavy atom. The second kappa shape index (κ2) is 11.3. The first-order valence-corrected chi connectivity index (χ1v) is 14.8. The van der Waals surface area contributed by atoms with Crippen molar-refractivity contribution < 1.29 is 52.4 Å². The molecule has 1 aliphatic rings. The fraction of sp³-hybridized carbons (Fsp3) is 0.0612. The van der Waals surface area contributed by atoms with Gasteiger partial charge in [-0.1, -0.05) is 141 Å². The lowest BCUT2D eigenvalue weighted by atomic mass is 9.82. The van der Waals surface area contributed by atoms with Crippen molar-refractivity contribution in [1.82, 2.24) is 0 Å². The normalized spacial score (nSPS) is 23.3. The fourth-order valence-electron chi connectivity index (χ4n) is 5.86. The fourth-order valence-corrected chi connectivity index (χ4v) is 5.86. The Bertz CT molecular complexity index is 4570. The van der Waals surface area contributed by atoms with Gasteiger partial charge in [0.1, 0.15) is 11.2 Å². The molecule has 0 unspecified atom stereocenters. The molecule has 2 heteroatoms. The molecule has 0 radical (unpaired) electrons. The van der Waals surface area contributed by atoms with Crippen LogP contribution in [0.2, 0.25) is 0 Å². The van der Waals surface area contributed by atoms with Crippen LogP contribution in [-0.4, -0.2) is 0 Å². The van der Waals surface area contributed by atoms with Gasteiger partial charge < -0.3 is 9.32 Å². The molecular weight excluding hydrogens is 619 g/mol. The lowest BCUT2D eigenvalue weighted by molar-refractivity contribution is 0.660. The van der Waals surface area contributed by atoms with E-state index in [9.17, 15) is 15.1 Å². The van der Waals surface area contributed by atoms with E-state index in [2.05, 4.69) is 0 Å².